The first kappa shape index (κ1) is 15.3. The van der Waals surface area contributed by atoms with Gasteiger partial charge in [-0.25, -0.2) is 0 Å². The van der Waals surface area contributed by atoms with Crippen molar-refractivity contribution in [3.63, 3.8) is 0 Å². The molecule has 1 heterocycles. The first-order valence-electron chi connectivity index (χ1n) is 7.20. The van der Waals surface area contributed by atoms with E-state index in [9.17, 15) is 10.2 Å². The van der Waals surface area contributed by atoms with E-state index < -0.39 is 5.41 Å². The summed E-state index contributed by atoms with van der Waals surface area (Å²) in [6, 6.07) is 6.65. The molecule has 0 aromatic heterocycles. The molecule has 0 bridgehead atoms. The zero-order valence-electron chi connectivity index (χ0n) is 12.8. The maximum absolute atomic E-state index is 9.36. The molecule has 1 aliphatic heterocycles. The third-order valence-corrected chi connectivity index (χ3v) is 4.14. The van der Waals surface area contributed by atoms with Crippen molar-refractivity contribution in [2.24, 2.45) is 5.41 Å². The second-order valence-electron chi connectivity index (χ2n) is 6.43. The van der Waals surface area contributed by atoms with Crippen molar-refractivity contribution in [1.29, 1.82) is 0 Å². The highest BCUT2D eigenvalue weighted by Gasteiger charge is 2.24. The van der Waals surface area contributed by atoms with E-state index in [0.29, 0.717) is 6.54 Å². The molecule has 0 aliphatic carbocycles. The van der Waals surface area contributed by atoms with Crippen LogP contribution in [0.3, 0.4) is 0 Å². The fraction of sp³-hybridized carbons (Fsp3) is 0.625. The van der Waals surface area contributed by atoms with Gasteiger partial charge in [-0.3, -0.25) is 0 Å². The summed E-state index contributed by atoms with van der Waals surface area (Å²) in [6.07, 6.45) is 1.12. The number of nitrogens with zero attached hydrogens (tertiary/aromatic N) is 2. The van der Waals surface area contributed by atoms with Gasteiger partial charge in [0.25, 0.3) is 0 Å². The van der Waals surface area contributed by atoms with E-state index in [0.717, 1.165) is 19.5 Å². The molecule has 0 spiro atoms. The van der Waals surface area contributed by atoms with Crippen LogP contribution in [0.25, 0.3) is 0 Å². The largest absolute Gasteiger partial charge is 0.396 e. The summed E-state index contributed by atoms with van der Waals surface area (Å²) in [5.41, 5.74) is 3.61. The van der Waals surface area contributed by atoms with Crippen molar-refractivity contribution >= 4 is 5.69 Å². The second-order valence-corrected chi connectivity index (χ2v) is 6.43. The van der Waals surface area contributed by atoms with Gasteiger partial charge in [0.15, 0.2) is 0 Å². The van der Waals surface area contributed by atoms with Gasteiger partial charge >= 0.3 is 0 Å². The van der Waals surface area contributed by atoms with Crippen molar-refractivity contribution < 1.29 is 10.2 Å². The molecule has 2 rings (SSSR count). The first-order valence-corrected chi connectivity index (χ1v) is 7.20. The van der Waals surface area contributed by atoms with Gasteiger partial charge in [-0.2, -0.15) is 0 Å². The molecule has 1 aliphatic rings. The molecule has 0 radical (unpaired) electrons. The number of fused-ring (bicyclic) bond motifs is 1. The summed E-state index contributed by atoms with van der Waals surface area (Å²) in [4.78, 5) is 4.45. The van der Waals surface area contributed by atoms with Crippen molar-refractivity contribution in [3.05, 3.63) is 29.3 Å². The Morgan fingerprint density at radius 2 is 2.00 bits per heavy atom. The van der Waals surface area contributed by atoms with Gasteiger partial charge in [0.1, 0.15) is 0 Å². The molecule has 1 aromatic carbocycles. The first-order chi connectivity index (χ1) is 9.47. The van der Waals surface area contributed by atoms with E-state index in [4.69, 9.17) is 0 Å². The van der Waals surface area contributed by atoms with Crippen LogP contribution in [0, 0.1) is 5.41 Å². The Hall–Kier alpha value is -1.10. The predicted molar refractivity (Wildman–Crippen MR) is 82.0 cm³/mol. The lowest BCUT2D eigenvalue weighted by Gasteiger charge is -2.30. The number of likely N-dealkylation sites (N-methyl/N-ethyl adjacent to an activating group) is 1. The number of hydrogen-bond acceptors (Lipinski definition) is 4. The Morgan fingerprint density at radius 1 is 1.30 bits per heavy atom. The van der Waals surface area contributed by atoms with Crippen molar-refractivity contribution in [2.75, 3.05) is 45.3 Å². The van der Waals surface area contributed by atoms with Crippen LogP contribution in [0.5, 0.6) is 0 Å². The van der Waals surface area contributed by atoms with Crippen LogP contribution >= 0.6 is 0 Å². The minimum absolute atomic E-state index is 0.00280. The summed E-state index contributed by atoms with van der Waals surface area (Å²) in [5, 5.41) is 18.7. The number of hydrogen-bond donors (Lipinski definition) is 2. The van der Waals surface area contributed by atoms with Crippen LogP contribution in [0.15, 0.2) is 18.2 Å². The minimum Gasteiger partial charge on any atom is -0.396 e. The second kappa shape index (κ2) is 6.12. The van der Waals surface area contributed by atoms with E-state index in [2.05, 4.69) is 35.0 Å². The van der Waals surface area contributed by atoms with Crippen LogP contribution in [0.2, 0.25) is 0 Å². The standard InChI is InChI=1S/C16H26N2O2/c1-16(11-19,12-20)10-17(2)9-13-4-5-15-14(8-13)6-7-18(15)3/h4-5,8,19-20H,6-7,9-12H2,1-3H3. The molecular weight excluding hydrogens is 252 g/mol. The van der Waals surface area contributed by atoms with Crippen LogP contribution in [0.4, 0.5) is 5.69 Å². The minimum atomic E-state index is -0.439. The smallest absolute Gasteiger partial charge is 0.0519 e. The summed E-state index contributed by atoms with van der Waals surface area (Å²) < 4.78 is 0. The van der Waals surface area contributed by atoms with Crippen LogP contribution in [-0.2, 0) is 13.0 Å². The van der Waals surface area contributed by atoms with E-state index in [1.807, 2.05) is 14.0 Å². The molecule has 0 fully saturated rings. The number of rotatable bonds is 6. The highest BCUT2D eigenvalue weighted by atomic mass is 16.3. The molecule has 0 unspecified atom stereocenters. The number of aliphatic hydroxyl groups excluding tert-OH is 2. The Bertz CT molecular complexity index is 458. The molecule has 20 heavy (non-hydrogen) atoms. The van der Waals surface area contributed by atoms with Crippen LogP contribution in [0.1, 0.15) is 18.1 Å². The third-order valence-electron chi connectivity index (χ3n) is 4.14. The molecule has 4 heteroatoms. The van der Waals surface area contributed by atoms with Gasteiger partial charge in [-0.05, 0) is 30.7 Å². The molecule has 112 valence electrons. The predicted octanol–water partition coefficient (Wildman–Crippen LogP) is 1.10. The number of aliphatic hydroxyl groups is 2. The lowest BCUT2D eigenvalue weighted by Crippen LogP contribution is -2.38. The fourth-order valence-electron chi connectivity index (χ4n) is 2.89. The van der Waals surface area contributed by atoms with Gasteiger partial charge in [0, 0.05) is 37.8 Å². The fourth-order valence-corrected chi connectivity index (χ4v) is 2.89. The summed E-state index contributed by atoms with van der Waals surface area (Å²) in [5.74, 6) is 0. The van der Waals surface area contributed by atoms with Crippen molar-refractivity contribution in [2.45, 2.75) is 19.9 Å². The SMILES string of the molecule is CN(Cc1ccc2c(c1)CCN2C)CC(C)(CO)CO. The molecule has 1 aromatic rings. The highest BCUT2D eigenvalue weighted by Crippen LogP contribution is 2.28. The maximum atomic E-state index is 9.36. The van der Waals surface area contributed by atoms with Crippen molar-refractivity contribution in [3.8, 4) is 0 Å². The van der Waals surface area contributed by atoms with Gasteiger partial charge in [-0.15, -0.1) is 0 Å². The quantitative estimate of drug-likeness (QED) is 0.818. The lowest BCUT2D eigenvalue weighted by molar-refractivity contribution is 0.0402. The number of anilines is 1. The molecule has 0 atom stereocenters. The van der Waals surface area contributed by atoms with Gasteiger partial charge < -0.3 is 20.0 Å². The van der Waals surface area contributed by atoms with Gasteiger partial charge in [-0.1, -0.05) is 19.1 Å². The number of benzene rings is 1. The average molecular weight is 278 g/mol. The zero-order valence-corrected chi connectivity index (χ0v) is 12.8. The third kappa shape index (κ3) is 3.32. The molecular formula is C16H26N2O2. The van der Waals surface area contributed by atoms with Crippen LogP contribution in [-0.4, -0.2) is 55.5 Å². The molecule has 2 N–H and O–H groups in total. The van der Waals surface area contributed by atoms with E-state index >= 15 is 0 Å². The summed E-state index contributed by atoms with van der Waals surface area (Å²) in [6.45, 7) is 4.53. The highest BCUT2D eigenvalue weighted by molar-refractivity contribution is 5.58. The van der Waals surface area contributed by atoms with E-state index in [1.54, 1.807) is 0 Å². The average Bonchev–Trinajstić information content (AvgIpc) is 2.79. The Kier molecular flexibility index (Phi) is 4.68. The summed E-state index contributed by atoms with van der Waals surface area (Å²) >= 11 is 0. The molecule has 0 saturated carbocycles. The molecule has 0 saturated heterocycles. The lowest BCUT2D eigenvalue weighted by atomic mass is 9.92. The van der Waals surface area contributed by atoms with Gasteiger partial charge in [0.05, 0.1) is 13.2 Å². The molecule has 4 nitrogen and oxygen atoms in total. The Morgan fingerprint density at radius 3 is 2.65 bits per heavy atom. The van der Waals surface area contributed by atoms with Crippen LogP contribution < -0.4 is 4.90 Å². The van der Waals surface area contributed by atoms with Crippen molar-refractivity contribution in [1.82, 2.24) is 4.90 Å². The summed E-state index contributed by atoms with van der Waals surface area (Å²) in [7, 11) is 4.16. The normalized spacial score (nSPS) is 15.0. The van der Waals surface area contributed by atoms with Gasteiger partial charge in [0.2, 0.25) is 0 Å². The molecule has 0 amide bonds. The maximum Gasteiger partial charge on any atom is 0.0519 e. The monoisotopic (exact) mass is 278 g/mol. The van der Waals surface area contributed by atoms with E-state index in [1.165, 1.54) is 16.8 Å². The zero-order chi connectivity index (χ0) is 14.8. The topological polar surface area (TPSA) is 46.9 Å². The Balaban J connectivity index is 2.00. The Labute approximate surface area is 121 Å². The van der Waals surface area contributed by atoms with E-state index in [-0.39, 0.29) is 13.2 Å².